The summed E-state index contributed by atoms with van der Waals surface area (Å²) in [7, 11) is 0. The number of carbonyl (C=O) groups excluding carboxylic acids is 1. The number of nitrogens with one attached hydrogen (secondary N) is 2. The summed E-state index contributed by atoms with van der Waals surface area (Å²) in [6.45, 7) is 2.09. The predicted octanol–water partition coefficient (Wildman–Crippen LogP) is 1.58. The van der Waals surface area contributed by atoms with E-state index < -0.39 is 0 Å². The Kier molecular flexibility index (Phi) is 2.83. The second kappa shape index (κ2) is 4.49. The first kappa shape index (κ1) is 11.3. The Balaban J connectivity index is 1.80. The van der Waals surface area contributed by atoms with E-state index in [1.165, 1.54) is 19.3 Å². The maximum atomic E-state index is 11.3. The van der Waals surface area contributed by atoms with Crippen molar-refractivity contribution in [3.63, 3.8) is 0 Å². The number of benzene rings is 1. The van der Waals surface area contributed by atoms with Gasteiger partial charge in [0.05, 0.1) is 17.8 Å². The van der Waals surface area contributed by atoms with Gasteiger partial charge in [0.1, 0.15) is 0 Å². The number of nitrogens with two attached hydrogens (primary N) is 1. The maximum Gasteiger partial charge on any atom is 0.228 e. The molecule has 1 aromatic carbocycles. The Hall–Kier alpha value is -1.75. The average molecular weight is 246 g/mol. The van der Waals surface area contributed by atoms with Crippen molar-refractivity contribution in [1.29, 1.82) is 0 Å². The van der Waals surface area contributed by atoms with E-state index >= 15 is 0 Å². The van der Waals surface area contributed by atoms with E-state index in [4.69, 9.17) is 5.73 Å². The molecule has 96 valence electrons. The SMILES string of the molecule is Nc1cc2c(cc1NN1CCCCC1)NC(=O)C2. The van der Waals surface area contributed by atoms with Gasteiger partial charge in [0.2, 0.25) is 5.91 Å². The molecular formula is C13H18N4O. The van der Waals surface area contributed by atoms with Crippen molar-refractivity contribution in [2.24, 2.45) is 0 Å². The lowest BCUT2D eigenvalue weighted by Crippen LogP contribution is -2.35. The van der Waals surface area contributed by atoms with Crippen LogP contribution in [0, 0.1) is 0 Å². The molecule has 0 bridgehead atoms. The van der Waals surface area contributed by atoms with Crippen molar-refractivity contribution in [3.05, 3.63) is 17.7 Å². The van der Waals surface area contributed by atoms with Crippen LogP contribution in [0.5, 0.6) is 0 Å². The smallest absolute Gasteiger partial charge is 0.228 e. The van der Waals surface area contributed by atoms with Crippen LogP contribution in [-0.2, 0) is 11.2 Å². The van der Waals surface area contributed by atoms with Crippen LogP contribution in [0.2, 0.25) is 0 Å². The summed E-state index contributed by atoms with van der Waals surface area (Å²) in [5, 5.41) is 5.04. The van der Waals surface area contributed by atoms with Crippen LogP contribution in [-0.4, -0.2) is 24.0 Å². The number of fused-ring (bicyclic) bond motifs is 1. The number of amides is 1. The molecule has 2 heterocycles. The molecule has 2 aliphatic rings. The van der Waals surface area contributed by atoms with Gasteiger partial charge in [-0.25, -0.2) is 5.01 Å². The van der Waals surface area contributed by atoms with Crippen LogP contribution in [0.3, 0.4) is 0 Å². The minimum atomic E-state index is 0.0412. The molecule has 3 rings (SSSR count). The highest BCUT2D eigenvalue weighted by Gasteiger charge is 2.20. The van der Waals surface area contributed by atoms with Crippen LogP contribution < -0.4 is 16.5 Å². The fourth-order valence-electron chi connectivity index (χ4n) is 2.57. The van der Waals surface area contributed by atoms with E-state index in [9.17, 15) is 4.79 Å². The molecule has 1 amide bonds. The van der Waals surface area contributed by atoms with Gasteiger partial charge < -0.3 is 16.5 Å². The number of carbonyl (C=O) groups is 1. The highest BCUT2D eigenvalue weighted by Crippen LogP contribution is 2.31. The molecule has 0 spiro atoms. The van der Waals surface area contributed by atoms with Gasteiger partial charge in [-0.3, -0.25) is 4.79 Å². The molecule has 0 atom stereocenters. The number of piperidine rings is 1. The summed E-state index contributed by atoms with van der Waals surface area (Å²) in [5.41, 5.74) is 12.8. The van der Waals surface area contributed by atoms with Crippen LogP contribution >= 0.6 is 0 Å². The summed E-state index contributed by atoms with van der Waals surface area (Å²) in [5.74, 6) is 0.0412. The summed E-state index contributed by atoms with van der Waals surface area (Å²) < 4.78 is 0. The molecule has 2 aliphatic heterocycles. The standard InChI is InChI=1S/C13H18N4O/c14-10-6-9-7-13(18)15-11(9)8-12(10)16-17-4-2-1-3-5-17/h6,8,16H,1-5,7,14H2,(H,15,18). The van der Waals surface area contributed by atoms with Crippen molar-refractivity contribution < 1.29 is 4.79 Å². The lowest BCUT2D eigenvalue weighted by atomic mass is 10.1. The fourth-order valence-corrected chi connectivity index (χ4v) is 2.57. The second-order valence-electron chi connectivity index (χ2n) is 4.98. The largest absolute Gasteiger partial charge is 0.397 e. The number of hydrogen-bond donors (Lipinski definition) is 3. The average Bonchev–Trinajstić information content (AvgIpc) is 2.70. The summed E-state index contributed by atoms with van der Waals surface area (Å²) in [4.78, 5) is 11.3. The van der Waals surface area contributed by atoms with Gasteiger partial charge in [-0.15, -0.1) is 0 Å². The molecule has 1 fully saturated rings. The lowest BCUT2D eigenvalue weighted by Gasteiger charge is -2.28. The number of anilines is 3. The Morgan fingerprint density at radius 3 is 2.78 bits per heavy atom. The number of rotatable bonds is 2. The van der Waals surface area contributed by atoms with Crippen molar-refractivity contribution >= 4 is 23.0 Å². The first-order valence-corrected chi connectivity index (χ1v) is 6.46. The molecular weight excluding hydrogens is 228 g/mol. The molecule has 0 unspecified atom stereocenters. The second-order valence-corrected chi connectivity index (χ2v) is 4.98. The first-order chi connectivity index (χ1) is 8.72. The maximum absolute atomic E-state index is 11.3. The third-order valence-electron chi connectivity index (χ3n) is 3.54. The quantitative estimate of drug-likeness (QED) is 0.693. The van der Waals surface area contributed by atoms with Gasteiger partial charge in [-0.1, -0.05) is 6.42 Å². The molecule has 4 N–H and O–H groups in total. The molecule has 1 aromatic rings. The van der Waals surface area contributed by atoms with E-state index in [1.54, 1.807) is 0 Å². The van der Waals surface area contributed by atoms with Gasteiger partial charge in [0.25, 0.3) is 0 Å². The zero-order valence-electron chi connectivity index (χ0n) is 10.3. The fraction of sp³-hybridized carbons (Fsp3) is 0.462. The van der Waals surface area contributed by atoms with Gasteiger partial charge in [0.15, 0.2) is 0 Å². The molecule has 0 saturated carbocycles. The van der Waals surface area contributed by atoms with E-state index in [0.29, 0.717) is 12.1 Å². The molecule has 18 heavy (non-hydrogen) atoms. The zero-order valence-corrected chi connectivity index (χ0v) is 10.3. The molecule has 5 heteroatoms. The third-order valence-corrected chi connectivity index (χ3v) is 3.54. The lowest BCUT2D eigenvalue weighted by molar-refractivity contribution is -0.115. The Morgan fingerprint density at radius 1 is 1.22 bits per heavy atom. The Morgan fingerprint density at radius 2 is 2.00 bits per heavy atom. The minimum Gasteiger partial charge on any atom is -0.397 e. The van der Waals surface area contributed by atoms with Gasteiger partial charge in [0, 0.05) is 18.8 Å². The molecule has 1 saturated heterocycles. The molecule has 0 radical (unpaired) electrons. The Bertz CT molecular complexity index is 480. The molecule has 5 nitrogen and oxygen atoms in total. The van der Waals surface area contributed by atoms with Gasteiger partial charge in [-0.2, -0.15) is 0 Å². The van der Waals surface area contributed by atoms with Gasteiger partial charge in [-0.05, 0) is 30.5 Å². The van der Waals surface area contributed by atoms with E-state index in [2.05, 4.69) is 15.8 Å². The highest BCUT2D eigenvalue weighted by atomic mass is 16.1. The third kappa shape index (κ3) is 2.13. The number of nitrogen functional groups attached to an aromatic ring is 1. The number of hydrazine groups is 1. The van der Waals surface area contributed by atoms with E-state index in [0.717, 1.165) is 30.0 Å². The van der Waals surface area contributed by atoms with Crippen molar-refractivity contribution in [3.8, 4) is 0 Å². The van der Waals surface area contributed by atoms with Crippen molar-refractivity contribution in [2.75, 3.05) is 29.6 Å². The topological polar surface area (TPSA) is 70.4 Å². The number of nitrogens with zero attached hydrogens (tertiary/aromatic N) is 1. The van der Waals surface area contributed by atoms with Crippen LogP contribution in [0.15, 0.2) is 12.1 Å². The predicted molar refractivity (Wildman–Crippen MR) is 72.2 cm³/mol. The first-order valence-electron chi connectivity index (χ1n) is 6.46. The van der Waals surface area contributed by atoms with Crippen LogP contribution in [0.4, 0.5) is 17.1 Å². The summed E-state index contributed by atoms with van der Waals surface area (Å²) in [6, 6.07) is 3.82. The summed E-state index contributed by atoms with van der Waals surface area (Å²) >= 11 is 0. The Labute approximate surface area is 106 Å². The molecule has 0 aromatic heterocycles. The van der Waals surface area contributed by atoms with Crippen LogP contribution in [0.1, 0.15) is 24.8 Å². The van der Waals surface area contributed by atoms with Crippen molar-refractivity contribution in [2.45, 2.75) is 25.7 Å². The van der Waals surface area contributed by atoms with Crippen molar-refractivity contribution in [1.82, 2.24) is 5.01 Å². The highest BCUT2D eigenvalue weighted by molar-refractivity contribution is 6.00. The molecule has 0 aliphatic carbocycles. The number of hydrogen-bond acceptors (Lipinski definition) is 4. The summed E-state index contributed by atoms with van der Waals surface area (Å²) in [6.07, 6.45) is 4.17. The zero-order chi connectivity index (χ0) is 12.5. The van der Waals surface area contributed by atoms with E-state index in [-0.39, 0.29) is 5.91 Å². The normalized spacial score (nSPS) is 19.4. The monoisotopic (exact) mass is 246 g/mol. The minimum absolute atomic E-state index is 0.0412. The van der Waals surface area contributed by atoms with Crippen LogP contribution in [0.25, 0.3) is 0 Å². The van der Waals surface area contributed by atoms with E-state index in [1.807, 2.05) is 12.1 Å². The van der Waals surface area contributed by atoms with Gasteiger partial charge >= 0.3 is 0 Å².